The molecule has 1 heterocycles. The first-order valence-corrected chi connectivity index (χ1v) is 9.20. The average molecular weight is 411 g/mol. The number of carbonyl (C=O) groups is 1. The molecule has 0 aliphatic rings. The Balaban J connectivity index is 1.85. The zero-order chi connectivity index (χ0) is 20.1. The van der Waals surface area contributed by atoms with Crippen LogP contribution in [0.4, 0.5) is 0 Å². The van der Waals surface area contributed by atoms with Gasteiger partial charge in [-0.05, 0) is 42.8 Å². The van der Waals surface area contributed by atoms with Gasteiger partial charge in [0.2, 0.25) is 0 Å². The van der Waals surface area contributed by atoms with E-state index in [1.165, 1.54) is 10.8 Å². The molecular formula is C21H16Cl2N4O. The maximum absolute atomic E-state index is 12.4. The van der Waals surface area contributed by atoms with Crippen molar-refractivity contribution in [2.45, 2.75) is 13.5 Å². The van der Waals surface area contributed by atoms with Crippen LogP contribution >= 0.6 is 23.2 Å². The van der Waals surface area contributed by atoms with Gasteiger partial charge < -0.3 is 5.32 Å². The molecule has 0 fully saturated rings. The summed E-state index contributed by atoms with van der Waals surface area (Å²) in [5.74, 6) is -0.471. The van der Waals surface area contributed by atoms with E-state index >= 15 is 0 Å². The first-order valence-electron chi connectivity index (χ1n) is 8.44. The molecule has 0 saturated carbocycles. The number of halogens is 2. The Morgan fingerprint density at radius 3 is 2.50 bits per heavy atom. The van der Waals surface area contributed by atoms with Crippen molar-refractivity contribution < 1.29 is 4.79 Å². The van der Waals surface area contributed by atoms with Crippen molar-refractivity contribution in [2.75, 3.05) is 0 Å². The molecule has 0 aliphatic heterocycles. The smallest absolute Gasteiger partial charge is 0.262 e. The van der Waals surface area contributed by atoms with E-state index in [9.17, 15) is 10.1 Å². The second-order valence-electron chi connectivity index (χ2n) is 6.02. The number of nitriles is 1. The summed E-state index contributed by atoms with van der Waals surface area (Å²) >= 11 is 12.4. The fourth-order valence-corrected chi connectivity index (χ4v) is 3.05. The van der Waals surface area contributed by atoms with Gasteiger partial charge in [-0.25, -0.2) is 4.68 Å². The van der Waals surface area contributed by atoms with E-state index in [2.05, 4.69) is 10.4 Å². The Hall–Kier alpha value is -3.07. The highest BCUT2D eigenvalue weighted by molar-refractivity contribution is 6.31. The number of hydrogen-bond acceptors (Lipinski definition) is 3. The van der Waals surface area contributed by atoms with Crippen LogP contribution in [-0.4, -0.2) is 15.7 Å². The highest BCUT2D eigenvalue weighted by Crippen LogP contribution is 2.26. The molecule has 0 saturated heterocycles. The summed E-state index contributed by atoms with van der Waals surface area (Å²) in [5.41, 5.74) is 2.74. The fraction of sp³-hybridized carbons (Fsp3) is 0.0952. The quantitative estimate of drug-likeness (QED) is 0.488. The summed E-state index contributed by atoms with van der Waals surface area (Å²) in [4.78, 5) is 12.4. The minimum atomic E-state index is -0.471. The molecule has 0 radical (unpaired) electrons. The second kappa shape index (κ2) is 8.75. The lowest BCUT2D eigenvalue weighted by molar-refractivity contribution is -0.117. The van der Waals surface area contributed by atoms with Crippen LogP contribution in [-0.2, 0) is 11.3 Å². The largest absolute Gasteiger partial charge is 0.347 e. The lowest BCUT2D eigenvalue weighted by Gasteiger charge is -2.05. The molecule has 2 aromatic carbocycles. The average Bonchev–Trinajstić information content (AvgIpc) is 2.99. The molecule has 5 nitrogen and oxygen atoms in total. The van der Waals surface area contributed by atoms with E-state index in [4.69, 9.17) is 23.2 Å². The van der Waals surface area contributed by atoms with Crippen LogP contribution in [0.1, 0.15) is 16.8 Å². The van der Waals surface area contributed by atoms with Crippen LogP contribution in [0.25, 0.3) is 11.8 Å². The summed E-state index contributed by atoms with van der Waals surface area (Å²) in [6.07, 6.45) is 1.46. The van der Waals surface area contributed by atoms with Gasteiger partial charge in [-0.2, -0.15) is 10.4 Å². The Morgan fingerprint density at radius 2 is 1.86 bits per heavy atom. The standard InChI is InChI=1S/C21H16Cl2N4O/c1-14-19(20(23)27(26-14)18-9-7-17(22)8-10-18)11-16(12-24)21(28)25-13-15-5-3-2-4-6-15/h2-11H,13H2,1H3,(H,25,28)/b16-11-. The van der Waals surface area contributed by atoms with Gasteiger partial charge in [0.25, 0.3) is 5.91 Å². The number of benzene rings is 2. The molecular weight excluding hydrogens is 395 g/mol. The first-order chi connectivity index (χ1) is 13.5. The summed E-state index contributed by atoms with van der Waals surface area (Å²) in [6.45, 7) is 2.09. The summed E-state index contributed by atoms with van der Waals surface area (Å²) in [6, 6.07) is 18.4. The van der Waals surface area contributed by atoms with Crippen molar-refractivity contribution in [3.63, 3.8) is 0 Å². The zero-order valence-corrected chi connectivity index (χ0v) is 16.5. The van der Waals surface area contributed by atoms with Crippen LogP contribution in [0.2, 0.25) is 10.2 Å². The molecule has 7 heteroatoms. The second-order valence-corrected chi connectivity index (χ2v) is 6.81. The van der Waals surface area contributed by atoms with Crippen molar-refractivity contribution >= 4 is 35.2 Å². The van der Waals surface area contributed by atoms with E-state index in [1.54, 1.807) is 31.2 Å². The van der Waals surface area contributed by atoms with Crippen molar-refractivity contribution in [1.29, 1.82) is 5.26 Å². The van der Waals surface area contributed by atoms with Crippen LogP contribution in [0.3, 0.4) is 0 Å². The molecule has 28 heavy (non-hydrogen) atoms. The highest BCUT2D eigenvalue weighted by Gasteiger charge is 2.16. The minimum Gasteiger partial charge on any atom is -0.347 e. The molecule has 0 spiro atoms. The molecule has 0 unspecified atom stereocenters. The number of hydrogen-bond donors (Lipinski definition) is 1. The number of carbonyl (C=O) groups excluding carboxylic acids is 1. The Bertz CT molecular complexity index is 1060. The van der Waals surface area contributed by atoms with Crippen LogP contribution in [0.15, 0.2) is 60.2 Å². The minimum absolute atomic E-state index is 0.0448. The van der Waals surface area contributed by atoms with Crippen LogP contribution in [0.5, 0.6) is 0 Å². The molecule has 0 bridgehead atoms. The molecule has 140 valence electrons. The number of aryl methyl sites for hydroxylation is 1. The van der Waals surface area contributed by atoms with Gasteiger partial charge in [-0.1, -0.05) is 53.5 Å². The lowest BCUT2D eigenvalue weighted by atomic mass is 10.1. The third-order valence-electron chi connectivity index (χ3n) is 4.07. The van der Waals surface area contributed by atoms with Crippen molar-refractivity contribution in [2.24, 2.45) is 0 Å². The van der Waals surface area contributed by atoms with Crippen LogP contribution < -0.4 is 5.32 Å². The molecule has 3 aromatic rings. The summed E-state index contributed by atoms with van der Waals surface area (Å²) in [5, 5.41) is 17.5. The first kappa shape index (κ1) is 19.7. The van der Waals surface area contributed by atoms with Crippen molar-refractivity contribution in [3.8, 4) is 11.8 Å². The molecule has 1 N–H and O–H groups in total. The monoisotopic (exact) mass is 410 g/mol. The van der Waals surface area contributed by atoms with Crippen molar-refractivity contribution in [3.05, 3.63) is 87.2 Å². The number of nitrogens with zero attached hydrogens (tertiary/aromatic N) is 3. The van der Waals surface area contributed by atoms with Gasteiger partial charge in [0.1, 0.15) is 16.8 Å². The van der Waals surface area contributed by atoms with Crippen LogP contribution in [0, 0.1) is 18.3 Å². The maximum atomic E-state index is 12.4. The summed E-state index contributed by atoms with van der Waals surface area (Å²) < 4.78 is 1.54. The lowest BCUT2D eigenvalue weighted by Crippen LogP contribution is -2.23. The zero-order valence-electron chi connectivity index (χ0n) is 15.0. The predicted octanol–water partition coefficient (Wildman–Crippen LogP) is 4.71. The molecule has 0 atom stereocenters. The topological polar surface area (TPSA) is 70.7 Å². The Morgan fingerprint density at radius 1 is 1.18 bits per heavy atom. The van der Waals surface area contributed by atoms with Gasteiger partial charge in [0.05, 0.1) is 11.4 Å². The fourth-order valence-electron chi connectivity index (χ4n) is 2.59. The predicted molar refractivity (Wildman–Crippen MR) is 110 cm³/mol. The SMILES string of the molecule is Cc1nn(-c2ccc(Cl)cc2)c(Cl)c1/C=C(/C#N)C(=O)NCc1ccccc1. The molecule has 3 rings (SSSR count). The Kier molecular flexibility index (Phi) is 6.15. The highest BCUT2D eigenvalue weighted by atomic mass is 35.5. The van der Waals surface area contributed by atoms with E-state index in [0.717, 1.165) is 11.3 Å². The third-order valence-corrected chi connectivity index (χ3v) is 4.68. The Labute approximate surface area is 172 Å². The van der Waals surface area contributed by atoms with Gasteiger partial charge in [0.15, 0.2) is 0 Å². The maximum Gasteiger partial charge on any atom is 0.262 e. The van der Waals surface area contributed by atoms with Crippen molar-refractivity contribution in [1.82, 2.24) is 15.1 Å². The third kappa shape index (κ3) is 4.42. The van der Waals surface area contributed by atoms with E-state index in [0.29, 0.717) is 28.0 Å². The van der Waals surface area contributed by atoms with E-state index < -0.39 is 5.91 Å². The number of rotatable bonds is 5. The number of aromatic nitrogens is 2. The molecule has 1 aromatic heterocycles. The van der Waals surface area contributed by atoms with E-state index in [-0.39, 0.29) is 5.57 Å². The van der Waals surface area contributed by atoms with Gasteiger partial charge in [-0.3, -0.25) is 4.79 Å². The normalized spacial score (nSPS) is 11.1. The van der Waals surface area contributed by atoms with E-state index in [1.807, 2.05) is 36.4 Å². The summed E-state index contributed by atoms with van der Waals surface area (Å²) in [7, 11) is 0. The van der Waals surface area contributed by atoms with Gasteiger partial charge in [-0.15, -0.1) is 0 Å². The molecule has 0 aliphatic carbocycles. The number of amides is 1. The number of nitrogens with one attached hydrogen (secondary N) is 1. The van der Waals surface area contributed by atoms with Gasteiger partial charge >= 0.3 is 0 Å². The van der Waals surface area contributed by atoms with Gasteiger partial charge in [0, 0.05) is 17.1 Å². The molecule has 1 amide bonds.